The van der Waals surface area contributed by atoms with Crippen molar-refractivity contribution >= 4 is 0 Å². The van der Waals surface area contributed by atoms with Gasteiger partial charge in [0, 0.05) is 11.6 Å². The standard InChI is InChI=1S/C14H18N4O/c1-9-15-11-4-2-3-5-12(11)18(9)8-13-16-14(17-19-13)10-6-7-10/h10H,2-8H2,1H3. The monoisotopic (exact) mass is 258 g/mol. The summed E-state index contributed by atoms with van der Waals surface area (Å²) in [6, 6.07) is 0. The quantitative estimate of drug-likeness (QED) is 0.848. The molecule has 1 fully saturated rings. The van der Waals surface area contributed by atoms with Crippen molar-refractivity contribution in [3.63, 3.8) is 0 Å². The fourth-order valence-electron chi connectivity index (χ4n) is 2.92. The van der Waals surface area contributed by atoms with Crippen molar-refractivity contribution in [3.05, 3.63) is 28.9 Å². The number of aromatic nitrogens is 4. The van der Waals surface area contributed by atoms with Crippen LogP contribution in [-0.4, -0.2) is 19.7 Å². The van der Waals surface area contributed by atoms with E-state index in [4.69, 9.17) is 4.52 Å². The lowest BCUT2D eigenvalue weighted by Crippen LogP contribution is -2.10. The van der Waals surface area contributed by atoms with Gasteiger partial charge in [-0.05, 0) is 45.4 Å². The van der Waals surface area contributed by atoms with E-state index < -0.39 is 0 Å². The average Bonchev–Trinajstić information content (AvgIpc) is 3.09. The van der Waals surface area contributed by atoms with Gasteiger partial charge in [0.05, 0.1) is 5.69 Å². The topological polar surface area (TPSA) is 56.7 Å². The Morgan fingerprint density at radius 2 is 2.05 bits per heavy atom. The van der Waals surface area contributed by atoms with E-state index in [-0.39, 0.29) is 0 Å². The predicted octanol–water partition coefficient (Wildman–Crippen LogP) is 2.38. The Labute approximate surface area is 112 Å². The lowest BCUT2D eigenvalue weighted by molar-refractivity contribution is 0.363. The van der Waals surface area contributed by atoms with Crippen LogP contribution in [0.1, 0.15) is 60.5 Å². The lowest BCUT2D eigenvalue weighted by atomic mass is 10.0. The predicted molar refractivity (Wildman–Crippen MR) is 69.0 cm³/mol. The van der Waals surface area contributed by atoms with Crippen LogP contribution >= 0.6 is 0 Å². The smallest absolute Gasteiger partial charge is 0.246 e. The van der Waals surface area contributed by atoms with Crippen LogP contribution in [0.5, 0.6) is 0 Å². The highest BCUT2D eigenvalue weighted by molar-refractivity contribution is 5.20. The molecule has 2 aromatic rings. The van der Waals surface area contributed by atoms with Gasteiger partial charge in [-0.1, -0.05) is 5.16 Å². The van der Waals surface area contributed by atoms with E-state index in [9.17, 15) is 0 Å². The SMILES string of the molecule is Cc1nc2c(n1Cc1nc(C3CC3)no1)CCCC2. The molecule has 100 valence electrons. The molecule has 0 aromatic carbocycles. The molecule has 2 aromatic heterocycles. The third-order valence-corrected chi connectivity index (χ3v) is 4.14. The molecule has 0 radical (unpaired) electrons. The Morgan fingerprint density at radius 1 is 1.21 bits per heavy atom. The van der Waals surface area contributed by atoms with Crippen molar-refractivity contribution in [2.45, 2.75) is 57.9 Å². The van der Waals surface area contributed by atoms with Crippen LogP contribution in [-0.2, 0) is 19.4 Å². The summed E-state index contributed by atoms with van der Waals surface area (Å²) in [6.07, 6.45) is 7.17. The molecule has 0 aliphatic heterocycles. The maximum Gasteiger partial charge on any atom is 0.246 e. The van der Waals surface area contributed by atoms with E-state index in [0.29, 0.717) is 12.5 Å². The normalized spacial score (nSPS) is 18.6. The van der Waals surface area contributed by atoms with Crippen LogP contribution < -0.4 is 0 Å². The van der Waals surface area contributed by atoms with Gasteiger partial charge in [0.15, 0.2) is 5.82 Å². The summed E-state index contributed by atoms with van der Waals surface area (Å²) in [5.74, 6) is 3.23. The van der Waals surface area contributed by atoms with Crippen molar-refractivity contribution in [2.75, 3.05) is 0 Å². The van der Waals surface area contributed by atoms with E-state index in [1.807, 2.05) is 0 Å². The van der Waals surface area contributed by atoms with Crippen LogP contribution in [0.15, 0.2) is 4.52 Å². The average molecular weight is 258 g/mol. The number of nitrogens with zero attached hydrogens (tertiary/aromatic N) is 4. The highest BCUT2D eigenvalue weighted by atomic mass is 16.5. The van der Waals surface area contributed by atoms with Gasteiger partial charge >= 0.3 is 0 Å². The molecule has 0 unspecified atom stereocenters. The number of aryl methyl sites for hydroxylation is 2. The number of imidazole rings is 1. The van der Waals surface area contributed by atoms with Gasteiger partial charge < -0.3 is 9.09 Å². The van der Waals surface area contributed by atoms with Crippen molar-refractivity contribution in [1.82, 2.24) is 19.7 Å². The largest absolute Gasteiger partial charge is 0.337 e. The second-order valence-electron chi connectivity index (χ2n) is 5.67. The van der Waals surface area contributed by atoms with Gasteiger partial charge in [0.2, 0.25) is 5.89 Å². The Hall–Kier alpha value is -1.65. The van der Waals surface area contributed by atoms with E-state index in [0.717, 1.165) is 30.4 Å². The van der Waals surface area contributed by atoms with Gasteiger partial charge in [0.1, 0.15) is 12.4 Å². The van der Waals surface area contributed by atoms with E-state index in [1.165, 1.54) is 37.1 Å². The molecule has 4 rings (SSSR count). The molecule has 0 atom stereocenters. The molecular weight excluding hydrogens is 240 g/mol. The first-order valence-electron chi connectivity index (χ1n) is 7.18. The van der Waals surface area contributed by atoms with Gasteiger partial charge in [0.25, 0.3) is 0 Å². The molecule has 1 saturated carbocycles. The second-order valence-corrected chi connectivity index (χ2v) is 5.67. The zero-order valence-corrected chi connectivity index (χ0v) is 11.2. The van der Waals surface area contributed by atoms with Crippen LogP contribution in [0, 0.1) is 6.92 Å². The summed E-state index contributed by atoms with van der Waals surface area (Å²) in [7, 11) is 0. The van der Waals surface area contributed by atoms with E-state index in [1.54, 1.807) is 0 Å². The first kappa shape index (κ1) is 11.2. The third kappa shape index (κ3) is 1.97. The van der Waals surface area contributed by atoms with Gasteiger partial charge in [-0.15, -0.1) is 0 Å². The number of hydrogen-bond acceptors (Lipinski definition) is 4. The Kier molecular flexibility index (Phi) is 2.47. The lowest BCUT2D eigenvalue weighted by Gasteiger charge is -2.13. The molecule has 5 heteroatoms. The number of fused-ring (bicyclic) bond motifs is 1. The summed E-state index contributed by atoms with van der Waals surface area (Å²) < 4.78 is 7.62. The molecule has 0 amide bonds. The molecule has 0 saturated heterocycles. The summed E-state index contributed by atoms with van der Waals surface area (Å²) in [5, 5.41) is 4.08. The Bertz CT molecular complexity index is 609. The van der Waals surface area contributed by atoms with Crippen LogP contribution in [0.25, 0.3) is 0 Å². The van der Waals surface area contributed by atoms with Gasteiger partial charge in [-0.3, -0.25) is 0 Å². The zero-order valence-electron chi connectivity index (χ0n) is 11.2. The molecule has 0 N–H and O–H groups in total. The fourth-order valence-corrected chi connectivity index (χ4v) is 2.92. The minimum Gasteiger partial charge on any atom is -0.337 e. The molecule has 2 aliphatic rings. The van der Waals surface area contributed by atoms with Crippen LogP contribution in [0.2, 0.25) is 0 Å². The molecule has 0 spiro atoms. The molecule has 2 aliphatic carbocycles. The minimum absolute atomic E-state index is 0.551. The van der Waals surface area contributed by atoms with Crippen molar-refractivity contribution in [1.29, 1.82) is 0 Å². The van der Waals surface area contributed by atoms with Crippen molar-refractivity contribution in [2.24, 2.45) is 0 Å². The van der Waals surface area contributed by atoms with Crippen LogP contribution in [0.3, 0.4) is 0 Å². The first-order valence-corrected chi connectivity index (χ1v) is 7.18. The minimum atomic E-state index is 0.551. The van der Waals surface area contributed by atoms with Gasteiger partial charge in [-0.25, -0.2) is 4.98 Å². The Morgan fingerprint density at radius 3 is 2.89 bits per heavy atom. The van der Waals surface area contributed by atoms with E-state index in [2.05, 4.69) is 26.6 Å². The molecule has 19 heavy (non-hydrogen) atoms. The number of rotatable bonds is 3. The fraction of sp³-hybridized carbons (Fsp3) is 0.643. The summed E-state index contributed by atoms with van der Waals surface area (Å²) >= 11 is 0. The van der Waals surface area contributed by atoms with E-state index >= 15 is 0 Å². The summed E-state index contributed by atoms with van der Waals surface area (Å²) in [6.45, 7) is 2.74. The maximum absolute atomic E-state index is 5.38. The number of hydrogen-bond donors (Lipinski definition) is 0. The molecule has 0 bridgehead atoms. The summed E-state index contributed by atoms with van der Waals surface area (Å²) in [5.41, 5.74) is 2.64. The van der Waals surface area contributed by atoms with Crippen molar-refractivity contribution < 1.29 is 4.52 Å². The van der Waals surface area contributed by atoms with Crippen LogP contribution in [0.4, 0.5) is 0 Å². The Balaban J connectivity index is 1.62. The highest BCUT2D eigenvalue weighted by Gasteiger charge is 2.29. The highest BCUT2D eigenvalue weighted by Crippen LogP contribution is 2.38. The van der Waals surface area contributed by atoms with Crippen molar-refractivity contribution in [3.8, 4) is 0 Å². The molecular formula is C14H18N4O. The van der Waals surface area contributed by atoms with Gasteiger partial charge in [-0.2, -0.15) is 4.98 Å². The molecule has 2 heterocycles. The first-order chi connectivity index (χ1) is 9.31. The summed E-state index contributed by atoms with van der Waals surface area (Å²) in [4.78, 5) is 9.19. The zero-order chi connectivity index (χ0) is 12.8. The second kappa shape index (κ2) is 4.18. The molecule has 5 nitrogen and oxygen atoms in total. The maximum atomic E-state index is 5.38. The third-order valence-electron chi connectivity index (χ3n) is 4.14.